The molecule has 2 saturated carbocycles. The summed E-state index contributed by atoms with van der Waals surface area (Å²) in [6, 6.07) is 0. The van der Waals surface area contributed by atoms with Crippen LogP contribution in [0.2, 0.25) is 0 Å². The van der Waals surface area contributed by atoms with Crippen LogP contribution in [0.25, 0.3) is 0 Å². The van der Waals surface area contributed by atoms with Gasteiger partial charge in [0.05, 0.1) is 6.54 Å². The minimum absolute atomic E-state index is 0.0191. The van der Waals surface area contributed by atoms with E-state index in [4.69, 9.17) is 5.73 Å². The zero-order chi connectivity index (χ0) is 10.1. The molecule has 2 aliphatic carbocycles. The van der Waals surface area contributed by atoms with Gasteiger partial charge in [0.15, 0.2) is 0 Å². The first-order chi connectivity index (χ1) is 6.70. The number of hydrogen-bond acceptors (Lipinski definition) is 2. The molecule has 2 rings (SSSR count). The third kappa shape index (κ3) is 1.74. The number of carbonyl (C=O) groups is 2. The highest BCUT2D eigenvalue weighted by Gasteiger charge is 2.54. The molecule has 0 aliphatic heterocycles. The Morgan fingerprint density at radius 2 is 1.79 bits per heavy atom. The van der Waals surface area contributed by atoms with Crippen molar-refractivity contribution >= 4 is 11.8 Å². The number of fused-ring (bicyclic) bond motifs is 1. The van der Waals surface area contributed by atoms with E-state index in [1.807, 2.05) is 0 Å². The van der Waals surface area contributed by atoms with Crippen LogP contribution in [-0.4, -0.2) is 18.4 Å². The minimum Gasteiger partial charge on any atom is -0.368 e. The van der Waals surface area contributed by atoms with Crippen LogP contribution in [0.5, 0.6) is 0 Å². The summed E-state index contributed by atoms with van der Waals surface area (Å²) in [5, 5.41) is 2.59. The Labute approximate surface area is 83.2 Å². The van der Waals surface area contributed by atoms with Gasteiger partial charge in [0, 0.05) is 5.92 Å². The van der Waals surface area contributed by atoms with Crippen molar-refractivity contribution in [2.24, 2.45) is 23.5 Å². The average molecular weight is 196 g/mol. The lowest BCUT2D eigenvalue weighted by Crippen LogP contribution is -2.34. The van der Waals surface area contributed by atoms with Crippen molar-refractivity contribution in [1.29, 1.82) is 0 Å². The topological polar surface area (TPSA) is 72.2 Å². The molecule has 0 aromatic carbocycles. The van der Waals surface area contributed by atoms with Gasteiger partial charge < -0.3 is 11.1 Å². The van der Waals surface area contributed by atoms with Crippen molar-refractivity contribution in [3.8, 4) is 0 Å². The second kappa shape index (κ2) is 3.59. The van der Waals surface area contributed by atoms with Gasteiger partial charge >= 0.3 is 0 Å². The number of carbonyl (C=O) groups excluding carboxylic acids is 2. The van der Waals surface area contributed by atoms with E-state index in [1.165, 1.54) is 25.7 Å². The lowest BCUT2D eigenvalue weighted by atomic mass is 10.0. The Kier molecular flexibility index (Phi) is 2.44. The van der Waals surface area contributed by atoms with Crippen molar-refractivity contribution in [2.75, 3.05) is 6.54 Å². The highest BCUT2D eigenvalue weighted by molar-refractivity contribution is 5.87. The van der Waals surface area contributed by atoms with Crippen molar-refractivity contribution in [2.45, 2.75) is 25.7 Å². The molecule has 1 unspecified atom stereocenters. The molecule has 0 bridgehead atoms. The van der Waals surface area contributed by atoms with Crippen molar-refractivity contribution in [3.63, 3.8) is 0 Å². The fraction of sp³-hybridized carbons (Fsp3) is 0.800. The monoisotopic (exact) mass is 196 g/mol. The van der Waals surface area contributed by atoms with Gasteiger partial charge in [-0.15, -0.1) is 0 Å². The summed E-state index contributed by atoms with van der Waals surface area (Å²) in [5.74, 6) is 0.924. The molecule has 0 aromatic heterocycles. The average Bonchev–Trinajstić information content (AvgIpc) is 2.88. The Bertz CT molecular complexity index is 253. The van der Waals surface area contributed by atoms with Crippen LogP contribution in [0.15, 0.2) is 0 Å². The first-order valence-electron chi connectivity index (χ1n) is 5.26. The van der Waals surface area contributed by atoms with Gasteiger partial charge in [0.2, 0.25) is 11.8 Å². The highest BCUT2D eigenvalue weighted by Crippen LogP contribution is 2.55. The maximum absolute atomic E-state index is 11.6. The normalized spacial score (nSPS) is 34.4. The predicted octanol–water partition coefficient (Wildman–Crippen LogP) is 0.0241. The molecule has 78 valence electrons. The predicted molar refractivity (Wildman–Crippen MR) is 51.1 cm³/mol. The Morgan fingerprint density at radius 1 is 1.21 bits per heavy atom. The molecule has 0 saturated heterocycles. The van der Waals surface area contributed by atoms with Crippen LogP contribution in [0.3, 0.4) is 0 Å². The molecule has 0 heterocycles. The van der Waals surface area contributed by atoms with Gasteiger partial charge in [-0.3, -0.25) is 9.59 Å². The van der Waals surface area contributed by atoms with E-state index in [1.54, 1.807) is 0 Å². The Morgan fingerprint density at radius 3 is 2.29 bits per heavy atom. The summed E-state index contributed by atoms with van der Waals surface area (Å²) in [4.78, 5) is 22.0. The molecular weight excluding hydrogens is 180 g/mol. The van der Waals surface area contributed by atoms with Crippen LogP contribution in [0.4, 0.5) is 0 Å². The maximum Gasteiger partial charge on any atom is 0.236 e. The largest absolute Gasteiger partial charge is 0.368 e. The molecule has 0 spiro atoms. The van der Waals surface area contributed by atoms with Gasteiger partial charge in [-0.25, -0.2) is 0 Å². The second-order valence-electron chi connectivity index (χ2n) is 4.32. The summed E-state index contributed by atoms with van der Waals surface area (Å²) >= 11 is 0. The summed E-state index contributed by atoms with van der Waals surface area (Å²) in [6.45, 7) is -0.0191. The molecule has 0 aromatic rings. The molecular formula is C10H16N2O2. The van der Waals surface area contributed by atoms with E-state index in [0.29, 0.717) is 11.8 Å². The summed E-state index contributed by atoms with van der Waals surface area (Å²) in [7, 11) is 0. The molecule has 4 nitrogen and oxygen atoms in total. The third-order valence-electron chi connectivity index (χ3n) is 3.40. The molecule has 2 fully saturated rings. The third-order valence-corrected chi connectivity index (χ3v) is 3.40. The lowest BCUT2D eigenvalue weighted by Gasteiger charge is -2.04. The van der Waals surface area contributed by atoms with Crippen molar-refractivity contribution in [1.82, 2.24) is 5.32 Å². The molecule has 3 atom stereocenters. The second-order valence-corrected chi connectivity index (χ2v) is 4.32. The zero-order valence-electron chi connectivity index (χ0n) is 8.16. The van der Waals surface area contributed by atoms with Crippen LogP contribution >= 0.6 is 0 Å². The van der Waals surface area contributed by atoms with Crippen LogP contribution in [-0.2, 0) is 9.59 Å². The van der Waals surface area contributed by atoms with Crippen LogP contribution < -0.4 is 11.1 Å². The standard InChI is InChI=1S/C10H16N2O2/c11-8(13)5-12-10(14)9-6-3-1-2-4-7(6)9/h6-7,9H,1-5H2,(H2,11,13)(H,12,14)/t6-,7+,9?. The van der Waals surface area contributed by atoms with Gasteiger partial charge in [-0.05, 0) is 24.7 Å². The molecule has 0 radical (unpaired) electrons. The first-order valence-corrected chi connectivity index (χ1v) is 5.26. The molecule has 4 heteroatoms. The number of amides is 2. The number of nitrogens with two attached hydrogens (primary N) is 1. The number of nitrogens with one attached hydrogen (secondary N) is 1. The lowest BCUT2D eigenvalue weighted by molar-refractivity contribution is -0.126. The number of rotatable bonds is 3. The van der Waals surface area contributed by atoms with E-state index < -0.39 is 5.91 Å². The van der Waals surface area contributed by atoms with Gasteiger partial charge in [-0.1, -0.05) is 12.8 Å². The van der Waals surface area contributed by atoms with E-state index >= 15 is 0 Å². The summed E-state index contributed by atoms with van der Waals surface area (Å²) < 4.78 is 0. The minimum atomic E-state index is -0.470. The smallest absolute Gasteiger partial charge is 0.236 e. The van der Waals surface area contributed by atoms with Crippen molar-refractivity contribution < 1.29 is 9.59 Å². The fourth-order valence-electron chi connectivity index (χ4n) is 2.67. The molecule has 3 N–H and O–H groups in total. The van der Waals surface area contributed by atoms with Gasteiger partial charge in [-0.2, -0.15) is 0 Å². The molecule has 2 aliphatic rings. The number of primary amides is 1. The summed E-state index contributed by atoms with van der Waals surface area (Å²) in [6.07, 6.45) is 4.86. The Balaban J connectivity index is 1.79. The van der Waals surface area contributed by atoms with E-state index in [2.05, 4.69) is 5.32 Å². The van der Waals surface area contributed by atoms with E-state index in [9.17, 15) is 9.59 Å². The molecule has 14 heavy (non-hydrogen) atoms. The SMILES string of the molecule is NC(=O)CNC(=O)C1[C@H]2CCCC[C@@H]12. The first kappa shape index (κ1) is 9.49. The quantitative estimate of drug-likeness (QED) is 0.668. The van der Waals surface area contributed by atoms with Crippen LogP contribution in [0, 0.1) is 17.8 Å². The van der Waals surface area contributed by atoms with Crippen molar-refractivity contribution in [3.05, 3.63) is 0 Å². The fourth-order valence-corrected chi connectivity index (χ4v) is 2.67. The maximum atomic E-state index is 11.6. The molecule has 2 amide bonds. The Hall–Kier alpha value is -1.06. The van der Waals surface area contributed by atoms with E-state index in [0.717, 1.165) is 0 Å². The van der Waals surface area contributed by atoms with Gasteiger partial charge in [0.25, 0.3) is 0 Å². The van der Waals surface area contributed by atoms with E-state index in [-0.39, 0.29) is 18.4 Å². The van der Waals surface area contributed by atoms with Gasteiger partial charge in [0.1, 0.15) is 0 Å². The zero-order valence-corrected chi connectivity index (χ0v) is 8.16. The number of hydrogen-bond donors (Lipinski definition) is 2. The highest BCUT2D eigenvalue weighted by atomic mass is 16.2. The summed E-state index contributed by atoms with van der Waals surface area (Å²) in [5.41, 5.74) is 4.95. The van der Waals surface area contributed by atoms with Crippen LogP contribution in [0.1, 0.15) is 25.7 Å².